The van der Waals surface area contributed by atoms with Crippen LogP contribution in [0.25, 0.3) is 0 Å². The van der Waals surface area contributed by atoms with Crippen LogP contribution in [-0.2, 0) is 18.9 Å². The van der Waals surface area contributed by atoms with Gasteiger partial charge in [0.05, 0.1) is 37.3 Å². The van der Waals surface area contributed by atoms with Crippen LogP contribution >= 0.6 is 0 Å². The Hall–Kier alpha value is -3.10. The number of rotatable bonds is 1. The predicted molar refractivity (Wildman–Crippen MR) is 95.4 cm³/mol. The van der Waals surface area contributed by atoms with E-state index < -0.39 is 52.0 Å². The van der Waals surface area contributed by atoms with Crippen LogP contribution in [0.5, 0.6) is 0 Å². The van der Waals surface area contributed by atoms with Gasteiger partial charge in [-0.3, -0.25) is 5.41 Å². The summed E-state index contributed by atoms with van der Waals surface area (Å²) in [4.78, 5) is 0. The molecule has 1 saturated carbocycles. The van der Waals surface area contributed by atoms with Gasteiger partial charge in [0.2, 0.25) is 17.1 Å². The highest BCUT2D eigenvalue weighted by molar-refractivity contribution is 5.89. The maximum absolute atomic E-state index is 14.0. The maximum Gasteiger partial charge on any atom is 0.218 e. The van der Waals surface area contributed by atoms with E-state index in [-0.39, 0.29) is 18.4 Å². The largest absolute Gasteiger partial charge is 0.447 e. The average Bonchev–Trinajstić information content (AvgIpc) is 3.30. The first-order valence-corrected chi connectivity index (χ1v) is 9.74. The Labute approximate surface area is 176 Å². The Kier molecular flexibility index (Phi) is 3.98. The topological polar surface area (TPSA) is 132 Å². The summed E-state index contributed by atoms with van der Waals surface area (Å²) < 4.78 is 51.1. The second-order valence-corrected chi connectivity index (χ2v) is 8.23. The molecule has 0 radical (unpaired) electrons. The van der Waals surface area contributed by atoms with Crippen molar-refractivity contribution in [3.63, 3.8) is 0 Å². The number of hydrogen-bond donors (Lipinski definition) is 1. The molecule has 31 heavy (non-hydrogen) atoms. The van der Waals surface area contributed by atoms with Crippen molar-refractivity contribution in [1.82, 2.24) is 0 Å². The number of nitrogens with zero attached hydrogens (tertiary/aromatic N) is 3. The fourth-order valence-electron chi connectivity index (χ4n) is 5.53. The fraction of sp³-hybridized carbons (Fsp3) is 0.524. The summed E-state index contributed by atoms with van der Waals surface area (Å²) in [5.41, 5.74) is -4.27. The highest BCUT2D eigenvalue weighted by atomic mass is 19.2. The van der Waals surface area contributed by atoms with Gasteiger partial charge < -0.3 is 18.9 Å². The van der Waals surface area contributed by atoms with Crippen molar-refractivity contribution >= 4 is 5.90 Å². The van der Waals surface area contributed by atoms with Gasteiger partial charge in [-0.2, -0.15) is 15.8 Å². The molecule has 4 unspecified atom stereocenters. The van der Waals surface area contributed by atoms with E-state index in [1.807, 2.05) is 18.2 Å². The molecule has 10 heteroatoms. The van der Waals surface area contributed by atoms with Crippen LogP contribution in [0.4, 0.5) is 8.78 Å². The lowest BCUT2D eigenvalue weighted by Crippen LogP contribution is -2.63. The van der Waals surface area contributed by atoms with Crippen LogP contribution in [0.1, 0.15) is 30.9 Å². The van der Waals surface area contributed by atoms with Crippen molar-refractivity contribution in [2.75, 3.05) is 13.2 Å². The zero-order chi connectivity index (χ0) is 22.1. The summed E-state index contributed by atoms with van der Waals surface area (Å²) in [7, 11) is 0. The van der Waals surface area contributed by atoms with Crippen molar-refractivity contribution < 1.29 is 27.7 Å². The number of hydrogen-bond acceptors (Lipinski definition) is 8. The zero-order valence-corrected chi connectivity index (χ0v) is 16.2. The van der Waals surface area contributed by atoms with Crippen LogP contribution in [0.2, 0.25) is 0 Å². The summed E-state index contributed by atoms with van der Waals surface area (Å²) in [5, 5.41) is 39.2. The lowest BCUT2D eigenvalue weighted by molar-refractivity contribution is -0.330. The molecule has 4 atom stereocenters. The number of halogens is 2. The molecule has 158 valence electrons. The molecular formula is C21H16F2N4O4. The molecule has 3 saturated heterocycles. The molecule has 3 heterocycles. The van der Waals surface area contributed by atoms with E-state index in [4.69, 9.17) is 24.4 Å². The third-order valence-corrected chi connectivity index (χ3v) is 6.98. The van der Waals surface area contributed by atoms with E-state index >= 15 is 0 Å². The first kappa shape index (κ1) is 19.8. The fourth-order valence-corrected chi connectivity index (χ4v) is 5.53. The number of benzene rings is 1. The third kappa shape index (κ3) is 2.21. The highest BCUT2D eigenvalue weighted by Crippen LogP contribution is 2.70. The number of ether oxygens (including phenoxy) is 4. The van der Waals surface area contributed by atoms with Crippen LogP contribution in [0.3, 0.4) is 0 Å². The van der Waals surface area contributed by atoms with Crippen LogP contribution in [0, 0.1) is 67.8 Å². The molecule has 4 fully saturated rings. The SMILES string of the molecule is N#CC1(C#N)C(c2ccc(F)c(F)c2)OC23CCC4(CC2C1(C#N)C(=N)O3)OCCO4. The molecule has 8 nitrogen and oxygen atoms in total. The summed E-state index contributed by atoms with van der Waals surface area (Å²) in [6.07, 6.45) is -0.861. The minimum atomic E-state index is -2.26. The smallest absolute Gasteiger partial charge is 0.218 e. The van der Waals surface area contributed by atoms with Crippen molar-refractivity contribution in [3.05, 3.63) is 35.4 Å². The molecule has 0 amide bonds. The lowest BCUT2D eigenvalue weighted by atomic mass is 9.51. The van der Waals surface area contributed by atoms with Crippen molar-refractivity contribution in [2.45, 2.75) is 36.9 Å². The predicted octanol–water partition coefficient (Wildman–Crippen LogP) is 2.83. The van der Waals surface area contributed by atoms with E-state index in [0.29, 0.717) is 19.6 Å². The molecule has 0 aromatic heterocycles. The van der Waals surface area contributed by atoms with E-state index in [1.165, 1.54) is 6.07 Å². The van der Waals surface area contributed by atoms with Gasteiger partial charge in [-0.1, -0.05) is 6.07 Å². The van der Waals surface area contributed by atoms with Gasteiger partial charge >= 0.3 is 0 Å². The van der Waals surface area contributed by atoms with E-state index in [2.05, 4.69) is 0 Å². The van der Waals surface area contributed by atoms with Crippen molar-refractivity contribution in [1.29, 1.82) is 21.2 Å². The summed E-state index contributed by atoms with van der Waals surface area (Å²) in [6.45, 7) is 0.717. The Bertz CT molecular complexity index is 1100. The summed E-state index contributed by atoms with van der Waals surface area (Å²) >= 11 is 0. The Morgan fingerprint density at radius 3 is 2.32 bits per heavy atom. The second kappa shape index (κ2) is 6.21. The summed E-state index contributed by atoms with van der Waals surface area (Å²) in [6, 6.07) is 8.68. The van der Waals surface area contributed by atoms with E-state index in [1.54, 1.807) is 0 Å². The first-order valence-electron chi connectivity index (χ1n) is 9.74. The lowest BCUT2D eigenvalue weighted by Gasteiger charge is -2.54. The van der Waals surface area contributed by atoms with Crippen molar-refractivity contribution in [2.24, 2.45) is 16.7 Å². The van der Waals surface area contributed by atoms with Crippen LogP contribution in [0.15, 0.2) is 18.2 Å². The van der Waals surface area contributed by atoms with E-state index in [0.717, 1.165) is 12.1 Å². The Morgan fingerprint density at radius 1 is 1.00 bits per heavy atom. The molecule has 4 aliphatic rings. The molecule has 1 aliphatic carbocycles. The minimum Gasteiger partial charge on any atom is -0.447 e. The van der Waals surface area contributed by atoms with Crippen LogP contribution < -0.4 is 0 Å². The molecule has 3 aliphatic heterocycles. The van der Waals surface area contributed by atoms with Gasteiger partial charge in [-0.05, 0) is 17.7 Å². The quantitative estimate of drug-likeness (QED) is 0.730. The van der Waals surface area contributed by atoms with Gasteiger partial charge in [0.25, 0.3) is 0 Å². The van der Waals surface area contributed by atoms with Gasteiger partial charge in [-0.15, -0.1) is 0 Å². The molecule has 1 aromatic carbocycles. The normalized spacial score (nSPS) is 36.7. The zero-order valence-electron chi connectivity index (χ0n) is 16.2. The Morgan fingerprint density at radius 2 is 1.71 bits per heavy atom. The second-order valence-electron chi connectivity index (χ2n) is 8.23. The first-order chi connectivity index (χ1) is 14.8. The highest BCUT2D eigenvalue weighted by Gasteiger charge is 2.82. The average molecular weight is 426 g/mol. The van der Waals surface area contributed by atoms with Gasteiger partial charge in [0.15, 0.2) is 22.8 Å². The minimum absolute atomic E-state index is 0.00593. The van der Waals surface area contributed by atoms with Crippen LogP contribution in [-0.4, -0.2) is 30.7 Å². The maximum atomic E-state index is 14.0. The van der Waals surface area contributed by atoms with E-state index in [9.17, 15) is 24.6 Å². The molecule has 1 aromatic rings. The van der Waals surface area contributed by atoms with Gasteiger partial charge in [-0.25, -0.2) is 8.78 Å². The molecule has 1 spiro atoms. The molecular weight excluding hydrogens is 410 g/mol. The molecule has 2 bridgehead atoms. The van der Waals surface area contributed by atoms with Gasteiger partial charge in [0, 0.05) is 19.3 Å². The number of nitrogens with one attached hydrogen (secondary N) is 1. The van der Waals surface area contributed by atoms with Gasteiger partial charge in [0.1, 0.15) is 6.10 Å². The molecule has 1 N–H and O–H groups in total. The molecule has 5 rings (SSSR count). The Balaban J connectivity index is 1.72. The standard InChI is InChI=1S/C21H16F2N4O4/c22-13-2-1-12(7-14(13)23)16-18(9-24,10-25)20(11-26)15-8-19(28-5-6-29-19)3-4-21(15,30-16)31-17(20)27/h1-2,7,15-16,27H,3-6,8H2. The number of nitriles is 3. The monoisotopic (exact) mass is 426 g/mol. The summed E-state index contributed by atoms with van der Waals surface area (Å²) in [5.74, 6) is -6.27. The third-order valence-electron chi connectivity index (χ3n) is 6.98. The van der Waals surface area contributed by atoms with Crippen molar-refractivity contribution in [3.8, 4) is 18.2 Å².